The van der Waals surface area contributed by atoms with Crippen LogP contribution >= 0.6 is 23.4 Å². The zero-order valence-corrected chi connectivity index (χ0v) is 18.9. The molecule has 0 radical (unpaired) electrons. The van der Waals surface area contributed by atoms with Crippen LogP contribution < -0.4 is 10.9 Å². The molecule has 2 aromatic carbocycles. The highest BCUT2D eigenvalue weighted by molar-refractivity contribution is 7.98. The number of benzene rings is 2. The van der Waals surface area contributed by atoms with E-state index in [0.29, 0.717) is 51.3 Å². The Kier molecular flexibility index (Phi) is 6.87. The number of nitrogens with zero attached hydrogens (tertiary/aromatic N) is 4. The molecule has 0 saturated heterocycles. The molecule has 0 saturated carbocycles. The number of amides is 1. The van der Waals surface area contributed by atoms with Crippen molar-refractivity contribution in [3.8, 4) is 0 Å². The zero-order valence-electron chi connectivity index (χ0n) is 17.3. The number of halogens is 1. The van der Waals surface area contributed by atoms with E-state index in [2.05, 4.69) is 25.5 Å². The predicted octanol–water partition coefficient (Wildman–Crippen LogP) is 4.05. The van der Waals surface area contributed by atoms with Gasteiger partial charge in [0.15, 0.2) is 5.16 Å². The lowest BCUT2D eigenvalue weighted by Crippen LogP contribution is -2.14. The first-order chi connectivity index (χ1) is 15.5. The first-order valence-electron chi connectivity index (χ1n) is 10.1. The van der Waals surface area contributed by atoms with Gasteiger partial charge in [0.1, 0.15) is 11.6 Å². The van der Waals surface area contributed by atoms with Gasteiger partial charge in [-0.25, -0.2) is 4.98 Å². The Balaban J connectivity index is 1.40. The van der Waals surface area contributed by atoms with Crippen LogP contribution in [0.2, 0.25) is 5.02 Å². The minimum Gasteiger partial charge on any atom is -0.325 e. The average molecular weight is 469 g/mol. The Morgan fingerprint density at radius 3 is 2.75 bits per heavy atom. The summed E-state index contributed by atoms with van der Waals surface area (Å²) in [5, 5.41) is 13.1. The fourth-order valence-electron chi connectivity index (χ4n) is 3.27. The summed E-state index contributed by atoms with van der Waals surface area (Å²) in [6.07, 6.45) is 0.705. The summed E-state index contributed by atoms with van der Waals surface area (Å²) < 4.78 is 1.96. The molecule has 2 aromatic heterocycles. The number of aryl methyl sites for hydroxylation is 1. The van der Waals surface area contributed by atoms with E-state index in [1.54, 1.807) is 18.2 Å². The van der Waals surface area contributed by atoms with Gasteiger partial charge in [0.25, 0.3) is 5.56 Å². The topological polar surface area (TPSA) is 106 Å². The minimum absolute atomic E-state index is 0.143. The van der Waals surface area contributed by atoms with Crippen LogP contribution in [0.3, 0.4) is 0 Å². The lowest BCUT2D eigenvalue weighted by atomic mass is 10.2. The van der Waals surface area contributed by atoms with Crippen molar-refractivity contribution in [1.82, 2.24) is 24.7 Å². The summed E-state index contributed by atoms with van der Waals surface area (Å²) in [7, 11) is 0. The number of hydrogen-bond acceptors (Lipinski definition) is 6. The third kappa shape index (κ3) is 5.00. The maximum atomic E-state index is 12.3. The molecule has 0 atom stereocenters. The number of hydrogen-bond donors (Lipinski definition) is 2. The molecule has 0 bridgehead atoms. The number of fused-ring (bicyclic) bond motifs is 1. The second kappa shape index (κ2) is 9.97. The van der Waals surface area contributed by atoms with Crippen molar-refractivity contribution in [2.24, 2.45) is 0 Å². The molecule has 1 amide bonds. The number of thioether (sulfide) groups is 1. The lowest BCUT2D eigenvalue weighted by molar-refractivity contribution is -0.116. The number of rotatable bonds is 8. The highest BCUT2D eigenvalue weighted by atomic mass is 35.5. The minimum atomic E-state index is -0.159. The summed E-state index contributed by atoms with van der Waals surface area (Å²) in [4.78, 5) is 31.9. The van der Waals surface area contributed by atoms with Gasteiger partial charge in [0, 0.05) is 19.4 Å². The van der Waals surface area contributed by atoms with E-state index in [1.165, 1.54) is 11.8 Å². The quantitative estimate of drug-likeness (QED) is 0.378. The van der Waals surface area contributed by atoms with Gasteiger partial charge in [0.2, 0.25) is 5.91 Å². The van der Waals surface area contributed by atoms with Crippen LogP contribution in [0, 0.1) is 0 Å². The van der Waals surface area contributed by atoms with Gasteiger partial charge < -0.3 is 14.9 Å². The van der Waals surface area contributed by atoms with Crippen LogP contribution in [0.15, 0.2) is 58.5 Å². The third-order valence-corrected chi connectivity index (χ3v) is 6.14. The number of nitrogens with one attached hydrogen (secondary N) is 2. The van der Waals surface area contributed by atoms with Gasteiger partial charge in [-0.2, -0.15) is 0 Å². The van der Waals surface area contributed by atoms with Crippen LogP contribution in [0.4, 0.5) is 5.69 Å². The van der Waals surface area contributed by atoms with Crippen LogP contribution in [0.5, 0.6) is 0 Å². The lowest BCUT2D eigenvalue weighted by Gasteiger charge is -2.09. The first kappa shape index (κ1) is 22.0. The number of H-pyrrole nitrogens is 1. The molecular formula is C22H21ClN6O2S. The molecule has 164 valence electrons. The van der Waals surface area contributed by atoms with Gasteiger partial charge in [-0.15, -0.1) is 10.2 Å². The number of aromatic nitrogens is 5. The number of carbonyl (C=O) groups is 1. The molecule has 0 spiro atoms. The van der Waals surface area contributed by atoms with Crippen molar-refractivity contribution < 1.29 is 4.79 Å². The maximum Gasteiger partial charge on any atom is 0.258 e. The summed E-state index contributed by atoms with van der Waals surface area (Å²) in [5.41, 5.74) is 1.09. The Labute approximate surface area is 193 Å². The summed E-state index contributed by atoms with van der Waals surface area (Å²) in [5.74, 6) is 1.61. The third-order valence-electron chi connectivity index (χ3n) is 4.83. The van der Waals surface area contributed by atoms with Gasteiger partial charge in [0.05, 0.1) is 27.4 Å². The Bertz CT molecular complexity index is 1320. The summed E-state index contributed by atoms with van der Waals surface area (Å²) in [6.45, 7) is 2.66. The number of anilines is 1. The Hall–Kier alpha value is -3.17. The van der Waals surface area contributed by atoms with E-state index in [1.807, 2.05) is 41.8 Å². The molecule has 2 N–H and O–H groups in total. The van der Waals surface area contributed by atoms with E-state index in [-0.39, 0.29) is 17.9 Å². The normalized spacial score (nSPS) is 11.1. The molecule has 0 unspecified atom stereocenters. The Morgan fingerprint density at radius 1 is 1.16 bits per heavy atom. The van der Waals surface area contributed by atoms with Crippen LogP contribution in [-0.4, -0.2) is 30.6 Å². The number of aromatic amines is 1. The fourth-order valence-corrected chi connectivity index (χ4v) is 4.34. The van der Waals surface area contributed by atoms with Crippen molar-refractivity contribution in [3.63, 3.8) is 0 Å². The van der Waals surface area contributed by atoms with Gasteiger partial charge in [-0.1, -0.05) is 47.6 Å². The second-order valence-corrected chi connectivity index (χ2v) is 8.34. The SMILES string of the molecule is CCn1c(CCC(=O)Nc2ccccc2Cl)nnc1SCc1nc2ccccc2c(=O)[nH]1. The van der Waals surface area contributed by atoms with E-state index in [9.17, 15) is 9.59 Å². The molecule has 32 heavy (non-hydrogen) atoms. The van der Waals surface area contributed by atoms with E-state index in [4.69, 9.17) is 11.6 Å². The van der Waals surface area contributed by atoms with Crippen molar-refractivity contribution >= 4 is 45.9 Å². The van der Waals surface area contributed by atoms with Crippen molar-refractivity contribution in [2.45, 2.75) is 37.2 Å². The maximum absolute atomic E-state index is 12.3. The molecule has 10 heteroatoms. The van der Waals surface area contributed by atoms with Gasteiger partial charge in [-0.05, 0) is 31.2 Å². The molecule has 2 heterocycles. The second-order valence-electron chi connectivity index (χ2n) is 6.99. The molecule has 4 rings (SSSR count). The van der Waals surface area contributed by atoms with E-state index < -0.39 is 0 Å². The van der Waals surface area contributed by atoms with E-state index >= 15 is 0 Å². The Morgan fingerprint density at radius 2 is 1.94 bits per heavy atom. The predicted molar refractivity (Wildman–Crippen MR) is 126 cm³/mol. The molecule has 0 aliphatic heterocycles. The monoisotopic (exact) mass is 468 g/mol. The average Bonchev–Trinajstić information content (AvgIpc) is 3.19. The first-order valence-corrected chi connectivity index (χ1v) is 11.5. The van der Waals surface area contributed by atoms with Gasteiger partial charge in [-0.3, -0.25) is 9.59 Å². The van der Waals surface area contributed by atoms with Crippen LogP contribution in [0.25, 0.3) is 10.9 Å². The molecule has 0 fully saturated rings. The molecule has 0 aliphatic rings. The fraction of sp³-hybridized carbons (Fsp3) is 0.227. The molecular weight excluding hydrogens is 448 g/mol. The standard InChI is InChI=1S/C22H21ClN6O2S/c1-2-29-19(11-12-20(30)25-17-10-6-4-8-15(17)23)27-28-22(29)32-13-18-24-16-9-5-3-7-14(16)21(31)26-18/h3-10H,2,11-13H2,1H3,(H,25,30)(H,24,26,31). The molecule has 4 aromatic rings. The van der Waals surface area contributed by atoms with Crippen molar-refractivity contribution in [2.75, 3.05) is 5.32 Å². The van der Waals surface area contributed by atoms with Crippen LogP contribution in [-0.2, 0) is 23.5 Å². The number of carbonyl (C=O) groups excluding carboxylic acids is 1. The zero-order chi connectivity index (χ0) is 22.5. The summed E-state index contributed by atoms with van der Waals surface area (Å²) in [6, 6.07) is 14.3. The van der Waals surface area contributed by atoms with Crippen LogP contribution in [0.1, 0.15) is 25.0 Å². The van der Waals surface area contributed by atoms with Crippen molar-refractivity contribution in [1.29, 1.82) is 0 Å². The smallest absolute Gasteiger partial charge is 0.258 e. The van der Waals surface area contributed by atoms with Gasteiger partial charge >= 0.3 is 0 Å². The highest BCUT2D eigenvalue weighted by Crippen LogP contribution is 2.23. The molecule has 0 aliphatic carbocycles. The van der Waals surface area contributed by atoms with E-state index in [0.717, 1.165) is 5.82 Å². The number of para-hydroxylation sites is 2. The highest BCUT2D eigenvalue weighted by Gasteiger charge is 2.14. The largest absolute Gasteiger partial charge is 0.325 e. The summed E-state index contributed by atoms with van der Waals surface area (Å²) >= 11 is 7.53. The molecule has 8 nitrogen and oxygen atoms in total. The van der Waals surface area contributed by atoms with Crippen molar-refractivity contribution in [3.05, 3.63) is 75.6 Å².